The van der Waals surface area contributed by atoms with E-state index in [0.717, 1.165) is 12.3 Å². The number of carbonyl (C=O) groups is 1. The predicted molar refractivity (Wildman–Crippen MR) is 81.1 cm³/mol. The number of carbonyl (C=O) groups excluding carboxylic acids is 1. The number of hydrogen-bond acceptors (Lipinski definition) is 2. The Morgan fingerprint density at radius 1 is 1.20 bits per heavy atom. The van der Waals surface area contributed by atoms with E-state index in [1.807, 2.05) is 6.92 Å². The Hall–Kier alpha value is -0.570. The molecule has 3 N–H and O–H groups in total. The lowest BCUT2D eigenvalue weighted by atomic mass is 9.42. The van der Waals surface area contributed by atoms with Crippen LogP contribution >= 0.6 is 0 Å². The molecule has 0 heterocycles. The number of nitrogens with two attached hydrogens (primary N) is 1. The van der Waals surface area contributed by atoms with Gasteiger partial charge in [0.2, 0.25) is 5.91 Å². The molecule has 0 radical (unpaired) electrons. The van der Waals surface area contributed by atoms with Crippen LogP contribution in [0.3, 0.4) is 0 Å². The molecule has 3 nitrogen and oxygen atoms in total. The molecule has 0 aromatic carbocycles. The Labute approximate surface area is 123 Å². The van der Waals surface area contributed by atoms with Crippen molar-refractivity contribution >= 4 is 5.91 Å². The van der Waals surface area contributed by atoms with Crippen molar-refractivity contribution in [2.45, 2.75) is 71.3 Å². The van der Waals surface area contributed by atoms with Gasteiger partial charge in [-0.3, -0.25) is 4.79 Å². The van der Waals surface area contributed by atoms with Gasteiger partial charge in [-0.25, -0.2) is 0 Å². The molecule has 0 aromatic heterocycles. The highest BCUT2D eigenvalue weighted by Crippen LogP contribution is 2.66. The minimum Gasteiger partial charge on any atom is -0.350 e. The Balaban J connectivity index is 1.77. The second-order valence-corrected chi connectivity index (χ2v) is 8.88. The highest BCUT2D eigenvalue weighted by molar-refractivity contribution is 5.79. The van der Waals surface area contributed by atoms with Crippen molar-refractivity contribution in [1.29, 1.82) is 0 Å². The van der Waals surface area contributed by atoms with Crippen LogP contribution < -0.4 is 11.1 Å². The van der Waals surface area contributed by atoms with Crippen molar-refractivity contribution in [2.24, 2.45) is 28.4 Å². The summed E-state index contributed by atoms with van der Waals surface area (Å²) in [6.07, 6.45) is 8.48. The first kappa shape index (κ1) is 14.4. The molecule has 3 unspecified atom stereocenters. The SMILES string of the molecule is CC(CCN)C(=O)NC12CC3CC(C)(CC(C)(C3)C1)C2. The fourth-order valence-corrected chi connectivity index (χ4v) is 6.35. The van der Waals surface area contributed by atoms with Gasteiger partial charge in [-0.2, -0.15) is 0 Å². The molecule has 4 aliphatic rings. The number of hydrogen-bond donors (Lipinski definition) is 2. The maximum absolute atomic E-state index is 12.5. The first-order valence-corrected chi connectivity index (χ1v) is 8.29. The summed E-state index contributed by atoms with van der Waals surface area (Å²) in [6, 6.07) is 0. The van der Waals surface area contributed by atoms with Gasteiger partial charge in [0.1, 0.15) is 0 Å². The van der Waals surface area contributed by atoms with Crippen molar-refractivity contribution in [1.82, 2.24) is 5.32 Å². The Kier molecular flexibility index (Phi) is 3.20. The monoisotopic (exact) mass is 278 g/mol. The highest BCUT2D eigenvalue weighted by Gasteiger charge is 2.60. The van der Waals surface area contributed by atoms with E-state index >= 15 is 0 Å². The summed E-state index contributed by atoms with van der Waals surface area (Å²) in [5, 5.41) is 3.47. The molecule has 20 heavy (non-hydrogen) atoms. The van der Waals surface area contributed by atoms with Gasteiger partial charge in [-0.1, -0.05) is 20.8 Å². The molecule has 3 atom stereocenters. The van der Waals surface area contributed by atoms with E-state index in [-0.39, 0.29) is 17.4 Å². The summed E-state index contributed by atoms with van der Waals surface area (Å²) in [5.41, 5.74) is 6.59. The van der Waals surface area contributed by atoms with E-state index in [4.69, 9.17) is 5.73 Å². The van der Waals surface area contributed by atoms with E-state index in [0.29, 0.717) is 17.4 Å². The summed E-state index contributed by atoms with van der Waals surface area (Å²) in [5.74, 6) is 1.10. The van der Waals surface area contributed by atoms with Gasteiger partial charge in [-0.15, -0.1) is 0 Å². The first-order valence-electron chi connectivity index (χ1n) is 8.29. The van der Waals surface area contributed by atoms with Crippen LogP contribution in [0.25, 0.3) is 0 Å². The zero-order valence-corrected chi connectivity index (χ0v) is 13.3. The van der Waals surface area contributed by atoms with Crippen LogP contribution in [0.4, 0.5) is 0 Å². The molecule has 4 rings (SSSR count). The second kappa shape index (κ2) is 4.46. The van der Waals surface area contributed by atoms with Crippen molar-refractivity contribution in [3.8, 4) is 0 Å². The lowest BCUT2D eigenvalue weighted by Gasteiger charge is -2.65. The lowest BCUT2D eigenvalue weighted by Crippen LogP contribution is -2.65. The number of amides is 1. The van der Waals surface area contributed by atoms with Gasteiger partial charge in [0.25, 0.3) is 0 Å². The average Bonchev–Trinajstić information content (AvgIpc) is 2.23. The molecule has 1 amide bonds. The molecular weight excluding hydrogens is 248 g/mol. The van der Waals surface area contributed by atoms with Gasteiger partial charge in [0, 0.05) is 11.5 Å². The molecule has 4 saturated carbocycles. The summed E-state index contributed by atoms with van der Waals surface area (Å²) in [4.78, 5) is 12.5. The predicted octanol–water partition coefficient (Wildman–Crippen LogP) is 2.84. The first-order chi connectivity index (χ1) is 9.27. The molecule has 4 fully saturated rings. The highest BCUT2D eigenvalue weighted by atomic mass is 16.2. The average molecular weight is 278 g/mol. The summed E-state index contributed by atoms with van der Waals surface area (Å²) < 4.78 is 0. The molecule has 0 spiro atoms. The van der Waals surface area contributed by atoms with Crippen molar-refractivity contribution in [3.05, 3.63) is 0 Å². The van der Waals surface area contributed by atoms with Crippen LogP contribution in [0.15, 0.2) is 0 Å². The Morgan fingerprint density at radius 2 is 1.80 bits per heavy atom. The van der Waals surface area contributed by atoms with Crippen LogP contribution in [0.5, 0.6) is 0 Å². The zero-order valence-electron chi connectivity index (χ0n) is 13.3. The van der Waals surface area contributed by atoms with Gasteiger partial charge in [0.15, 0.2) is 0 Å². The molecular formula is C17H30N2O. The van der Waals surface area contributed by atoms with E-state index in [1.165, 1.54) is 38.5 Å². The molecule has 4 aliphatic carbocycles. The standard InChI is InChI=1S/C17H30N2O/c1-12(4-5-18)14(20)19-17-8-13-6-15(2,10-17)9-16(3,7-13)11-17/h12-13H,4-11,18H2,1-3H3,(H,19,20). The number of rotatable bonds is 4. The zero-order chi connectivity index (χ0) is 14.6. The summed E-state index contributed by atoms with van der Waals surface area (Å²) >= 11 is 0. The normalized spacial score (nSPS) is 47.3. The van der Waals surface area contributed by atoms with E-state index in [2.05, 4.69) is 19.2 Å². The van der Waals surface area contributed by atoms with Gasteiger partial charge in [-0.05, 0) is 68.2 Å². The molecule has 0 aromatic rings. The third-order valence-electron chi connectivity index (χ3n) is 6.06. The third kappa shape index (κ3) is 2.38. The molecule has 0 aliphatic heterocycles. The second-order valence-electron chi connectivity index (χ2n) is 8.88. The van der Waals surface area contributed by atoms with Crippen LogP contribution in [-0.4, -0.2) is 18.0 Å². The summed E-state index contributed by atoms with van der Waals surface area (Å²) in [7, 11) is 0. The number of nitrogens with one attached hydrogen (secondary N) is 1. The topological polar surface area (TPSA) is 55.1 Å². The van der Waals surface area contributed by atoms with Crippen molar-refractivity contribution < 1.29 is 4.79 Å². The van der Waals surface area contributed by atoms with Crippen LogP contribution in [0.2, 0.25) is 0 Å². The van der Waals surface area contributed by atoms with Gasteiger partial charge in [0.05, 0.1) is 0 Å². The Bertz CT molecular complexity index is 401. The van der Waals surface area contributed by atoms with Crippen molar-refractivity contribution in [2.75, 3.05) is 6.54 Å². The fraction of sp³-hybridized carbons (Fsp3) is 0.941. The van der Waals surface area contributed by atoms with Gasteiger partial charge >= 0.3 is 0 Å². The minimum atomic E-state index is 0.0496. The minimum absolute atomic E-state index is 0.0496. The molecule has 114 valence electrons. The smallest absolute Gasteiger partial charge is 0.223 e. The third-order valence-corrected chi connectivity index (χ3v) is 6.06. The quantitative estimate of drug-likeness (QED) is 0.831. The summed E-state index contributed by atoms with van der Waals surface area (Å²) in [6.45, 7) is 7.49. The van der Waals surface area contributed by atoms with Crippen LogP contribution in [-0.2, 0) is 4.79 Å². The molecule has 3 heteroatoms. The molecule has 0 saturated heterocycles. The van der Waals surface area contributed by atoms with E-state index in [1.54, 1.807) is 0 Å². The lowest BCUT2D eigenvalue weighted by molar-refractivity contribution is -0.142. The maximum atomic E-state index is 12.5. The molecule has 4 bridgehead atoms. The Morgan fingerprint density at radius 3 is 2.30 bits per heavy atom. The van der Waals surface area contributed by atoms with Crippen molar-refractivity contribution in [3.63, 3.8) is 0 Å². The van der Waals surface area contributed by atoms with Crippen LogP contribution in [0.1, 0.15) is 65.7 Å². The van der Waals surface area contributed by atoms with Gasteiger partial charge < -0.3 is 11.1 Å². The largest absolute Gasteiger partial charge is 0.350 e. The van der Waals surface area contributed by atoms with E-state index < -0.39 is 0 Å². The van der Waals surface area contributed by atoms with E-state index in [9.17, 15) is 4.79 Å². The van der Waals surface area contributed by atoms with Crippen LogP contribution in [0, 0.1) is 22.7 Å². The maximum Gasteiger partial charge on any atom is 0.223 e. The fourth-order valence-electron chi connectivity index (χ4n) is 6.35.